The molecule has 1 aromatic carbocycles. The van der Waals surface area contributed by atoms with Crippen molar-refractivity contribution in [1.29, 1.82) is 0 Å². The number of cyclic esters (lactones) is 1. The van der Waals surface area contributed by atoms with Crippen molar-refractivity contribution in [3.05, 3.63) is 34.1 Å². The zero-order chi connectivity index (χ0) is 18.8. The molecule has 26 heavy (non-hydrogen) atoms. The number of hydrogen-bond acceptors (Lipinski definition) is 7. The fourth-order valence-corrected chi connectivity index (χ4v) is 3.84. The van der Waals surface area contributed by atoms with Crippen LogP contribution in [0.1, 0.15) is 30.6 Å². The molecule has 1 saturated heterocycles. The number of nitrogens with zero attached hydrogens (tertiary/aromatic N) is 2. The Morgan fingerprint density at radius 3 is 2.81 bits per heavy atom. The number of thioether (sulfide) groups is 1. The summed E-state index contributed by atoms with van der Waals surface area (Å²) in [6.45, 7) is 4.89. The Kier molecular flexibility index (Phi) is 5.31. The number of ether oxygens (including phenoxy) is 2. The first-order valence-corrected chi connectivity index (χ1v) is 9.25. The molecule has 138 valence electrons. The van der Waals surface area contributed by atoms with E-state index in [-0.39, 0.29) is 22.7 Å². The molecule has 1 aliphatic rings. The molecule has 0 saturated carbocycles. The molecule has 7 nitrogen and oxygen atoms in total. The molecule has 2 heterocycles. The second-order valence-corrected chi connectivity index (χ2v) is 7.66. The number of esters is 2. The number of fused-ring (bicyclic) bond motifs is 1. The van der Waals surface area contributed by atoms with E-state index in [0.29, 0.717) is 41.2 Å². The Hall–Kier alpha value is -2.35. The van der Waals surface area contributed by atoms with Crippen molar-refractivity contribution in [2.75, 3.05) is 13.7 Å². The van der Waals surface area contributed by atoms with Crippen LogP contribution < -0.4 is 5.56 Å². The van der Waals surface area contributed by atoms with Gasteiger partial charge in [-0.1, -0.05) is 25.6 Å². The van der Waals surface area contributed by atoms with Gasteiger partial charge in [-0.25, -0.2) is 9.78 Å². The summed E-state index contributed by atoms with van der Waals surface area (Å²) in [5, 5.41) is 0.514. The van der Waals surface area contributed by atoms with E-state index < -0.39 is 5.97 Å². The van der Waals surface area contributed by atoms with Gasteiger partial charge >= 0.3 is 11.9 Å². The number of benzene rings is 1. The van der Waals surface area contributed by atoms with E-state index in [1.54, 1.807) is 22.8 Å². The summed E-state index contributed by atoms with van der Waals surface area (Å²) >= 11 is 1.24. The molecule has 1 fully saturated rings. The summed E-state index contributed by atoms with van der Waals surface area (Å²) in [4.78, 5) is 41.1. The van der Waals surface area contributed by atoms with Crippen LogP contribution >= 0.6 is 11.8 Å². The molecule has 0 aliphatic carbocycles. The second-order valence-electron chi connectivity index (χ2n) is 6.49. The molecule has 0 N–H and O–H groups in total. The van der Waals surface area contributed by atoms with E-state index in [1.165, 1.54) is 18.9 Å². The van der Waals surface area contributed by atoms with Gasteiger partial charge in [-0.3, -0.25) is 14.2 Å². The van der Waals surface area contributed by atoms with E-state index in [9.17, 15) is 14.4 Å². The van der Waals surface area contributed by atoms with Crippen LogP contribution in [-0.2, 0) is 20.8 Å². The molecular formula is C18H20N2O5S. The van der Waals surface area contributed by atoms with E-state index in [4.69, 9.17) is 9.47 Å². The van der Waals surface area contributed by atoms with Crippen LogP contribution in [0.4, 0.5) is 0 Å². The predicted octanol–water partition coefficient (Wildman–Crippen LogP) is 2.25. The third-order valence-corrected chi connectivity index (χ3v) is 5.26. The molecule has 0 radical (unpaired) electrons. The number of carbonyl (C=O) groups is 2. The zero-order valence-electron chi connectivity index (χ0n) is 14.9. The Morgan fingerprint density at radius 2 is 2.19 bits per heavy atom. The number of methoxy groups -OCH3 is 1. The Balaban J connectivity index is 2.13. The molecule has 3 rings (SSSR count). The van der Waals surface area contributed by atoms with Crippen molar-refractivity contribution < 1.29 is 19.1 Å². The lowest BCUT2D eigenvalue weighted by Gasteiger charge is -2.16. The van der Waals surface area contributed by atoms with Gasteiger partial charge in [0, 0.05) is 13.0 Å². The fraction of sp³-hybridized carbons (Fsp3) is 0.444. The highest BCUT2D eigenvalue weighted by molar-refractivity contribution is 8.00. The molecule has 0 amide bonds. The maximum absolute atomic E-state index is 13.0. The van der Waals surface area contributed by atoms with Gasteiger partial charge in [-0.2, -0.15) is 0 Å². The minimum absolute atomic E-state index is 0.186. The van der Waals surface area contributed by atoms with Crippen LogP contribution in [0.25, 0.3) is 10.9 Å². The third kappa shape index (κ3) is 3.60. The largest absolute Gasteiger partial charge is 0.465 e. The molecule has 1 aliphatic heterocycles. The average Bonchev–Trinajstić information content (AvgIpc) is 3.01. The van der Waals surface area contributed by atoms with Gasteiger partial charge in [0.2, 0.25) is 0 Å². The van der Waals surface area contributed by atoms with Gasteiger partial charge in [-0.15, -0.1) is 0 Å². The normalized spacial score (nSPS) is 16.9. The van der Waals surface area contributed by atoms with E-state index >= 15 is 0 Å². The van der Waals surface area contributed by atoms with Gasteiger partial charge in [0.05, 0.1) is 30.2 Å². The monoisotopic (exact) mass is 376 g/mol. The molecule has 0 unspecified atom stereocenters. The van der Waals surface area contributed by atoms with Gasteiger partial charge < -0.3 is 9.47 Å². The Labute approximate surface area is 154 Å². The van der Waals surface area contributed by atoms with Gasteiger partial charge in [0.1, 0.15) is 5.25 Å². The van der Waals surface area contributed by atoms with Gasteiger partial charge in [0.25, 0.3) is 5.56 Å². The predicted molar refractivity (Wildman–Crippen MR) is 97.4 cm³/mol. The van der Waals surface area contributed by atoms with Crippen LogP contribution in [-0.4, -0.2) is 40.5 Å². The molecule has 2 aromatic rings. The van der Waals surface area contributed by atoms with Crippen LogP contribution in [0.15, 0.2) is 28.2 Å². The number of carbonyl (C=O) groups excluding carboxylic acids is 2. The number of rotatable bonds is 5. The van der Waals surface area contributed by atoms with Crippen molar-refractivity contribution in [2.45, 2.75) is 37.2 Å². The molecule has 1 aromatic heterocycles. The lowest BCUT2D eigenvalue weighted by Crippen LogP contribution is -2.26. The topological polar surface area (TPSA) is 87.5 Å². The molecule has 1 atom stereocenters. The van der Waals surface area contributed by atoms with Crippen molar-refractivity contribution in [3.63, 3.8) is 0 Å². The SMILES string of the molecule is COC(=O)c1ccc2c(=O)n(CC(C)C)c(S[C@H]3CCOC3=O)nc2c1. The molecule has 0 spiro atoms. The molecular weight excluding hydrogens is 356 g/mol. The zero-order valence-corrected chi connectivity index (χ0v) is 15.7. The Bertz CT molecular complexity index is 922. The summed E-state index contributed by atoms with van der Waals surface area (Å²) in [5.74, 6) is -0.548. The number of hydrogen-bond donors (Lipinski definition) is 0. The van der Waals surface area contributed by atoms with Crippen molar-refractivity contribution in [3.8, 4) is 0 Å². The van der Waals surface area contributed by atoms with E-state index in [2.05, 4.69) is 4.98 Å². The highest BCUT2D eigenvalue weighted by atomic mass is 32.2. The van der Waals surface area contributed by atoms with Gasteiger partial charge in [-0.05, 0) is 24.1 Å². The highest BCUT2D eigenvalue weighted by Crippen LogP contribution is 2.29. The summed E-state index contributed by atoms with van der Waals surface area (Å²) in [6, 6.07) is 4.68. The first-order valence-electron chi connectivity index (χ1n) is 8.37. The maximum atomic E-state index is 13.0. The second kappa shape index (κ2) is 7.49. The summed E-state index contributed by atoms with van der Waals surface area (Å²) in [7, 11) is 1.30. The van der Waals surface area contributed by atoms with E-state index in [0.717, 1.165) is 0 Å². The fourth-order valence-electron chi connectivity index (χ4n) is 2.77. The summed E-state index contributed by atoms with van der Waals surface area (Å²) in [5.41, 5.74) is 0.547. The Morgan fingerprint density at radius 1 is 1.42 bits per heavy atom. The lowest BCUT2D eigenvalue weighted by molar-refractivity contribution is -0.137. The highest BCUT2D eigenvalue weighted by Gasteiger charge is 2.29. The van der Waals surface area contributed by atoms with E-state index in [1.807, 2.05) is 13.8 Å². The average molecular weight is 376 g/mol. The minimum atomic E-state index is -0.492. The summed E-state index contributed by atoms with van der Waals surface area (Å²) < 4.78 is 11.3. The van der Waals surface area contributed by atoms with Gasteiger partial charge in [0.15, 0.2) is 5.16 Å². The van der Waals surface area contributed by atoms with Crippen molar-refractivity contribution in [2.24, 2.45) is 5.92 Å². The summed E-state index contributed by atoms with van der Waals surface area (Å²) in [6.07, 6.45) is 0.585. The standard InChI is InChI=1S/C18H20N2O5S/c1-10(2)9-20-15(21)12-5-4-11(16(22)24-3)8-13(12)19-18(20)26-14-6-7-25-17(14)23/h4-5,8,10,14H,6-7,9H2,1-3H3/t14-/m0/s1. The number of aromatic nitrogens is 2. The van der Waals surface area contributed by atoms with Crippen molar-refractivity contribution in [1.82, 2.24) is 9.55 Å². The lowest BCUT2D eigenvalue weighted by atomic mass is 10.1. The molecule has 8 heteroatoms. The van der Waals surface area contributed by atoms with Crippen molar-refractivity contribution >= 4 is 34.6 Å². The maximum Gasteiger partial charge on any atom is 0.337 e. The first-order chi connectivity index (χ1) is 12.4. The van der Waals surface area contributed by atoms with Crippen LogP contribution in [0.3, 0.4) is 0 Å². The third-order valence-electron chi connectivity index (χ3n) is 4.02. The van der Waals surface area contributed by atoms with Crippen LogP contribution in [0, 0.1) is 5.92 Å². The smallest absolute Gasteiger partial charge is 0.337 e. The van der Waals surface area contributed by atoms with Crippen LogP contribution in [0.2, 0.25) is 0 Å². The minimum Gasteiger partial charge on any atom is -0.465 e. The molecule has 0 bridgehead atoms. The quantitative estimate of drug-likeness (QED) is 0.584. The van der Waals surface area contributed by atoms with Crippen LogP contribution in [0.5, 0.6) is 0 Å². The first kappa shape index (κ1) is 18.4.